The number of nitrogens with zero attached hydrogens (tertiary/aromatic N) is 1. The largest absolute Gasteiger partial charge is 0.573 e. The second-order valence-electron chi connectivity index (χ2n) is 4.32. The highest BCUT2D eigenvalue weighted by molar-refractivity contribution is 5.91. The summed E-state index contributed by atoms with van der Waals surface area (Å²) >= 11 is 0. The number of carbonyl (C=O) groups is 1. The number of esters is 1. The van der Waals surface area contributed by atoms with E-state index in [1.165, 1.54) is 44.7 Å². The Labute approximate surface area is 129 Å². The highest BCUT2D eigenvalue weighted by Crippen LogP contribution is 2.37. The molecule has 0 fully saturated rings. The summed E-state index contributed by atoms with van der Waals surface area (Å²) in [6.45, 7) is 0. The van der Waals surface area contributed by atoms with Crippen molar-refractivity contribution in [1.29, 1.82) is 0 Å². The SMILES string of the molecule is COC(=O)c1cnc(OC)c(-c2ccccc2OC(F)(F)F)c1. The smallest absolute Gasteiger partial charge is 0.481 e. The Bertz CT molecular complexity index is 716. The molecule has 1 aromatic heterocycles. The van der Waals surface area contributed by atoms with Crippen LogP contribution < -0.4 is 9.47 Å². The van der Waals surface area contributed by atoms with Gasteiger partial charge in [0.2, 0.25) is 5.88 Å². The standard InChI is InChI=1S/C15H12F3NO4/c1-21-13-11(7-9(8-19-13)14(20)22-2)10-5-3-4-6-12(10)23-15(16,17)18/h3-8H,1-2H3. The van der Waals surface area contributed by atoms with E-state index in [0.29, 0.717) is 0 Å². The molecule has 0 saturated carbocycles. The van der Waals surface area contributed by atoms with Gasteiger partial charge in [0.25, 0.3) is 0 Å². The Balaban J connectivity index is 2.59. The maximum Gasteiger partial charge on any atom is 0.573 e. The zero-order chi connectivity index (χ0) is 17.0. The van der Waals surface area contributed by atoms with E-state index >= 15 is 0 Å². The normalized spacial score (nSPS) is 11.0. The third kappa shape index (κ3) is 3.91. The maximum absolute atomic E-state index is 12.5. The second kappa shape index (κ2) is 6.55. The number of hydrogen-bond acceptors (Lipinski definition) is 5. The third-order valence-electron chi connectivity index (χ3n) is 2.87. The summed E-state index contributed by atoms with van der Waals surface area (Å²) in [6, 6.07) is 6.82. The van der Waals surface area contributed by atoms with E-state index in [0.717, 1.165) is 6.07 Å². The van der Waals surface area contributed by atoms with Gasteiger partial charge in [-0.2, -0.15) is 0 Å². The first-order valence-electron chi connectivity index (χ1n) is 6.33. The molecule has 0 unspecified atom stereocenters. The van der Waals surface area contributed by atoms with Crippen LogP contribution in [0, 0.1) is 0 Å². The van der Waals surface area contributed by atoms with Crippen molar-refractivity contribution in [3.05, 3.63) is 42.1 Å². The number of alkyl halides is 3. The van der Waals surface area contributed by atoms with Gasteiger partial charge in [-0.15, -0.1) is 13.2 Å². The minimum Gasteiger partial charge on any atom is -0.481 e. The number of para-hydroxylation sites is 1. The quantitative estimate of drug-likeness (QED) is 0.805. The fraction of sp³-hybridized carbons (Fsp3) is 0.200. The van der Waals surface area contributed by atoms with E-state index < -0.39 is 18.1 Å². The molecule has 0 amide bonds. The molecule has 0 aliphatic carbocycles. The van der Waals surface area contributed by atoms with E-state index in [9.17, 15) is 18.0 Å². The van der Waals surface area contributed by atoms with Crippen molar-refractivity contribution in [3.8, 4) is 22.8 Å². The third-order valence-corrected chi connectivity index (χ3v) is 2.87. The van der Waals surface area contributed by atoms with Crippen molar-refractivity contribution in [3.63, 3.8) is 0 Å². The first-order chi connectivity index (χ1) is 10.9. The van der Waals surface area contributed by atoms with Gasteiger partial charge in [0.05, 0.1) is 19.8 Å². The number of halogens is 3. The van der Waals surface area contributed by atoms with E-state index in [2.05, 4.69) is 14.5 Å². The summed E-state index contributed by atoms with van der Waals surface area (Å²) in [7, 11) is 2.50. The molecule has 0 N–H and O–H groups in total. The molecule has 1 aromatic carbocycles. The summed E-state index contributed by atoms with van der Waals surface area (Å²) < 4.78 is 51.3. The van der Waals surface area contributed by atoms with E-state index in [1.54, 1.807) is 0 Å². The molecule has 0 atom stereocenters. The lowest BCUT2D eigenvalue weighted by Crippen LogP contribution is -2.17. The summed E-state index contributed by atoms with van der Waals surface area (Å²) in [5.74, 6) is -1.05. The molecule has 2 rings (SSSR count). The molecular weight excluding hydrogens is 315 g/mol. The number of rotatable bonds is 4. The minimum atomic E-state index is -4.85. The lowest BCUT2D eigenvalue weighted by molar-refractivity contribution is -0.274. The molecule has 8 heteroatoms. The van der Waals surface area contributed by atoms with Gasteiger partial charge in [-0.3, -0.25) is 0 Å². The maximum atomic E-state index is 12.5. The Hall–Kier alpha value is -2.77. The Morgan fingerprint density at radius 2 is 1.83 bits per heavy atom. The van der Waals surface area contributed by atoms with Crippen LogP contribution in [-0.4, -0.2) is 31.5 Å². The predicted octanol–water partition coefficient (Wildman–Crippen LogP) is 3.44. The summed E-state index contributed by atoms with van der Waals surface area (Å²) in [5, 5.41) is 0. The van der Waals surface area contributed by atoms with Gasteiger partial charge in [-0.1, -0.05) is 18.2 Å². The van der Waals surface area contributed by atoms with Gasteiger partial charge in [-0.25, -0.2) is 9.78 Å². The van der Waals surface area contributed by atoms with Gasteiger partial charge in [0.15, 0.2) is 0 Å². The number of carbonyl (C=O) groups excluding carboxylic acids is 1. The van der Waals surface area contributed by atoms with Crippen LogP contribution in [0.25, 0.3) is 11.1 Å². The molecule has 5 nitrogen and oxygen atoms in total. The average molecular weight is 327 g/mol. The zero-order valence-electron chi connectivity index (χ0n) is 12.2. The second-order valence-corrected chi connectivity index (χ2v) is 4.32. The summed E-state index contributed by atoms with van der Waals surface area (Å²) in [4.78, 5) is 15.5. The van der Waals surface area contributed by atoms with Crippen LogP contribution in [-0.2, 0) is 4.74 Å². The molecule has 0 aliphatic rings. The highest BCUT2D eigenvalue weighted by Gasteiger charge is 2.32. The topological polar surface area (TPSA) is 57.7 Å². The van der Waals surface area contributed by atoms with Gasteiger partial charge in [-0.05, 0) is 12.1 Å². The van der Waals surface area contributed by atoms with Crippen LogP contribution >= 0.6 is 0 Å². The molecule has 0 radical (unpaired) electrons. The number of benzene rings is 1. The van der Waals surface area contributed by atoms with Crippen LogP contribution in [0.2, 0.25) is 0 Å². The van der Waals surface area contributed by atoms with Crippen molar-refractivity contribution < 1.29 is 32.2 Å². The average Bonchev–Trinajstić information content (AvgIpc) is 2.52. The van der Waals surface area contributed by atoms with Crippen LogP contribution in [0.1, 0.15) is 10.4 Å². The fourth-order valence-electron chi connectivity index (χ4n) is 1.94. The van der Waals surface area contributed by atoms with Gasteiger partial charge < -0.3 is 14.2 Å². The van der Waals surface area contributed by atoms with Gasteiger partial charge >= 0.3 is 12.3 Å². The minimum absolute atomic E-state index is 0.0517. The number of pyridine rings is 1. The number of ether oxygens (including phenoxy) is 3. The van der Waals surface area contributed by atoms with Gasteiger partial charge in [0.1, 0.15) is 5.75 Å². The van der Waals surface area contributed by atoms with Crippen LogP contribution in [0.15, 0.2) is 36.5 Å². The molecule has 0 saturated heterocycles. The Morgan fingerprint density at radius 3 is 2.43 bits per heavy atom. The van der Waals surface area contributed by atoms with E-state index in [4.69, 9.17) is 4.74 Å². The van der Waals surface area contributed by atoms with Crippen molar-refractivity contribution >= 4 is 5.97 Å². The molecule has 0 bridgehead atoms. The van der Waals surface area contributed by atoms with Gasteiger partial charge in [0, 0.05) is 17.3 Å². The first-order valence-corrected chi connectivity index (χ1v) is 6.33. The molecule has 122 valence electrons. The van der Waals surface area contributed by atoms with E-state index in [1.807, 2.05) is 0 Å². The lowest BCUT2D eigenvalue weighted by atomic mass is 10.0. The molecular formula is C15H12F3NO4. The van der Waals surface area contributed by atoms with E-state index in [-0.39, 0.29) is 22.6 Å². The lowest BCUT2D eigenvalue weighted by Gasteiger charge is -2.15. The summed E-state index contributed by atoms with van der Waals surface area (Å²) in [5.41, 5.74) is 0.334. The van der Waals surface area contributed by atoms with Crippen molar-refractivity contribution in [2.45, 2.75) is 6.36 Å². The number of hydrogen-bond donors (Lipinski definition) is 0. The molecule has 0 aliphatic heterocycles. The Morgan fingerprint density at radius 1 is 1.13 bits per heavy atom. The number of aromatic nitrogens is 1. The monoisotopic (exact) mass is 327 g/mol. The highest BCUT2D eigenvalue weighted by atomic mass is 19.4. The van der Waals surface area contributed by atoms with Crippen molar-refractivity contribution in [2.24, 2.45) is 0 Å². The predicted molar refractivity (Wildman–Crippen MR) is 74.2 cm³/mol. The molecule has 23 heavy (non-hydrogen) atoms. The van der Waals surface area contributed by atoms with Crippen molar-refractivity contribution in [1.82, 2.24) is 4.98 Å². The molecule has 2 aromatic rings. The first kappa shape index (κ1) is 16.6. The zero-order valence-corrected chi connectivity index (χ0v) is 12.2. The Kier molecular flexibility index (Phi) is 4.73. The fourth-order valence-corrected chi connectivity index (χ4v) is 1.94. The number of methoxy groups -OCH3 is 2. The van der Waals surface area contributed by atoms with Crippen LogP contribution in [0.3, 0.4) is 0 Å². The summed E-state index contributed by atoms with van der Waals surface area (Å²) in [6.07, 6.45) is -3.64. The molecule has 1 heterocycles. The van der Waals surface area contributed by atoms with Crippen LogP contribution in [0.4, 0.5) is 13.2 Å². The van der Waals surface area contributed by atoms with Crippen LogP contribution in [0.5, 0.6) is 11.6 Å². The van der Waals surface area contributed by atoms with Crippen molar-refractivity contribution in [2.75, 3.05) is 14.2 Å². The molecule has 0 spiro atoms.